The van der Waals surface area contributed by atoms with Crippen LogP contribution in [-0.4, -0.2) is 54.5 Å². The fraction of sp³-hybridized carbons (Fsp3) is 0.684. The van der Waals surface area contributed by atoms with Gasteiger partial charge < -0.3 is 14.5 Å². The van der Waals surface area contributed by atoms with E-state index in [1.807, 2.05) is 4.90 Å². The minimum atomic E-state index is -2.66. The summed E-state index contributed by atoms with van der Waals surface area (Å²) in [7, 11) is 0. The molecular formula is C19H23F2N3O2. The molecule has 26 heavy (non-hydrogen) atoms. The summed E-state index contributed by atoms with van der Waals surface area (Å²) in [4.78, 5) is 20.7. The van der Waals surface area contributed by atoms with E-state index >= 15 is 0 Å². The van der Waals surface area contributed by atoms with Crippen LogP contribution in [-0.2, 0) is 0 Å². The Morgan fingerprint density at radius 1 is 1.19 bits per heavy atom. The molecule has 5 nitrogen and oxygen atoms in total. The number of aromatic nitrogens is 1. The van der Waals surface area contributed by atoms with Crippen LogP contribution in [0.1, 0.15) is 42.6 Å². The molecule has 0 radical (unpaired) electrons. The van der Waals surface area contributed by atoms with E-state index in [1.54, 1.807) is 17.0 Å². The molecule has 2 aliphatic heterocycles. The third-order valence-electron chi connectivity index (χ3n) is 6.08. The molecule has 4 aliphatic rings. The molecule has 1 aromatic heterocycles. The van der Waals surface area contributed by atoms with Crippen LogP contribution >= 0.6 is 0 Å². The number of carbonyl (C=O) groups is 1. The zero-order chi connectivity index (χ0) is 17.9. The molecule has 0 unspecified atom stereocenters. The van der Waals surface area contributed by atoms with Crippen LogP contribution in [0.25, 0.3) is 0 Å². The first-order chi connectivity index (χ1) is 12.4. The Bertz CT molecular complexity index is 738. The zero-order valence-electron chi connectivity index (χ0n) is 14.7. The van der Waals surface area contributed by atoms with Crippen LogP contribution in [0, 0.1) is 11.3 Å². The molecule has 1 aromatic rings. The molecule has 140 valence electrons. The number of pyridine rings is 1. The summed E-state index contributed by atoms with van der Waals surface area (Å²) in [6.45, 7) is 1.48. The second kappa shape index (κ2) is 5.54. The number of nitrogens with zero attached hydrogens (tertiary/aromatic N) is 3. The van der Waals surface area contributed by atoms with E-state index in [9.17, 15) is 13.6 Å². The quantitative estimate of drug-likeness (QED) is 0.807. The van der Waals surface area contributed by atoms with E-state index in [1.165, 1.54) is 12.8 Å². The molecule has 0 N–H and O–H groups in total. The van der Waals surface area contributed by atoms with Gasteiger partial charge in [0.15, 0.2) is 0 Å². The Kier molecular flexibility index (Phi) is 3.46. The molecule has 5 rings (SSSR count). The molecule has 2 aliphatic carbocycles. The summed E-state index contributed by atoms with van der Waals surface area (Å²) in [6.07, 6.45) is 5.76. The fourth-order valence-corrected chi connectivity index (χ4v) is 3.92. The summed E-state index contributed by atoms with van der Waals surface area (Å²) in [5.74, 6) is -1.89. The molecule has 1 amide bonds. The minimum Gasteiger partial charge on any atom is -0.476 e. The number of hydrogen-bond donors (Lipinski definition) is 0. The van der Waals surface area contributed by atoms with Crippen LogP contribution < -0.4 is 9.64 Å². The minimum absolute atomic E-state index is 0.0782. The van der Waals surface area contributed by atoms with E-state index in [-0.39, 0.29) is 19.0 Å². The van der Waals surface area contributed by atoms with Crippen LogP contribution in [0.2, 0.25) is 0 Å². The largest absolute Gasteiger partial charge is 0.476 e. The van der Waals surface area contributed by atoms with Crippen molar-refractivity contribution in [2.24, 2.45) is 11.3 Å². The van der Waals surface area contributed by atoms with Gasteiger partial charge in [0.05, 0.1) is 19.7 Å². The van der Waals surface area contributed by atoms with Crippen molar-refractivity contribution >= 4 is 11.6 Å². The van der Waals surface area contributed by atoms with Crippen molar-refractivity contribution < 1.29 is 18.3 Å². The van der Waals surface area contributed by atoms with Crippen LogP contribution in [0.4, 0.5) is 14.5 Å². The molecular weight excluding hydrogens is 340 g/mol. The number of halogens is 2. The van der Waals surface area contributed by atoms with E-state index in [2.05, 4.69) is 4.98 Å². The average molecular weight is 363 g/mol. The molecule has 3 heterocycles. The molecule has 0 atom stereocenters. The Labute approximate surface area is 151 Å². The predicted octanol–water partition coefficient (Wildman–Crippen LogP) is 2.95. The maximum atomic E-state index is 13.3. The van der Waals surface area contributed by atoms with Crippen LogP contribution in [0.15, 0.2) is 12.1 Å². The summed E-state index contributed by atoms with van der Waals surface area (Å²) in [5, 5.41) is 0. The molecule has 0 bridgehead atoms. The van der Waals surface area contributed by atoms with Gasteiger partial charge in [-0.1, -0.05) is 0 Å². The zero-order valence-corrected chi connectivity index (χ0v) is 14.7. The lowest BCUT2D eigenvalue weighted by molar-refractivity contribution is -0.0265. The van der Waals surface area contributed by atoms with Gasteiger partial charge in [-0.05, 0) is 55.6 Å². The van der Waals surface area contributed by atoms with Crippen molar-refractivity contribution in [3.8, 4) is 5.88 Å². The molecule has 2 saturated heterocycles. The van der Waals surface area contributed by atoms with Crippen LogP contribution in [0.3, 0.4) is 0 Å². The monoisotopic (exact) mass is 363 g/mol. The number of anilines is 1. The number of carbonyl (C=O) groups excluding carboxylic acids is 1. The highest BCUT2D eigenvalue weighted by Crippen LogP contribution is 2.52. The van der Waals surface area contributed by atoms with Crippen molar-refractivity contribution in [1.29, 1.82) is 0 Å². The SMILES string of the molecule is O=C(c1ccc(N2CC(F)(F)C2)c(OCC2CC2)n1)N1CCC2(CC2)C1. The number of rotatable bonds is 5. The summed E-state index contributed by atoms with van der Waals surface area (Å²) >= 11 is 0. The smallest absolute Gasteiger partial charge is 0.282 e. The number of amides is 1. The Morgan fingerprint density at radius 3 is 2.58 bits per heavy atom. The van der Waals surface area contributed by atoms with Crippen molar-refractivity contribution in [3.63, 3.8) is 0 Å². The van der Waals surface area contributed by atoms with E-state index in [0.717, 1.165) is 32.4 Å². The molecule has 1 spiro atoms. The van der Waals surface area contributed by atoms with Gasteiger partial charge in [-0.25, -0.2) is 13.8 Å². The Hall–Kier alpha value is -1.92. The third kappa shape index (κ3) is 3.01. The first-order valence-corrected chi connectivity index (χ1v) is 9.49. The highest BCUT2D eigenvalue weighted by molar-refractivity contribution is 5.93. The van der Waals surface area contributed by atoms with Crippen molar-refractivity contribution in [1.82, 2.24) is 9.88 Å². The van der Waals surface area contributed by atoms with E-state index in [4.69, 9.17) is 4.74 Å². The average Bonchev–Trinajstić information content (AvgIpc) is 3.49. The molecule has 2 saturated carbocycles. The van der Waals surface area contributed by atoms with Crippen molar-refractivity contribution in [3.05, 3.63) is 17.8 Å². The van der Waals surface area contributed by atoms with Gasteiger partial charge in [0.1, 0.15) is 11.4 Å². The number of hydrogen-bond acceptors (Lipinski definition) is 4. The number of ether oxygens (including phenoxy) is 1. The summed E-state index contributed by atoms with van der Waals surface area (Å²) in [5.41, 5.74) is 1.28. The van der Waals surface area contributed by atoms with Crippen LogP contribution in [0.5, 0.6) is 5.88 Å². The number of alkyl halides is 2. The Morgan fingerprint density at radius 2 is 1.96 bits per heavy atom. The lowest BCUT2D eigenvalue weighted by Crippen LogP contribution is -2.56. The highest BCUT2D eigenvalue weighted by Gasteiger charge is 2.49. The lowest BCUT2D eigenvalue weighted by atomic mass is 10.1. The standard InChI is InChI=1S/C19H23F2N3O2/c20-19(21)11-24(12-19)15-4-3-14(22-16(15)26-9-13-1-2-13)17(25)23-8-7-18(10-23)5-6-18/h3-4,13H,1-2,5-12H2. The first kappa shape index (κ1) is 16.3. The highest BCUT2D eigenvalue weighted by atomic mass is 19.3. The van der Waals surface area contributed by atoms with Crippen molar-refractivity contribution in [2.45, 2.75) is 38.0 Å². The second-order valence-electron chi connectivity index (χ2n) is 8.46. The maximum absolute atomic E-state index is 13.3. The topological polar surface area (TPSA) is 45.7 Å². The van der Waals surface area contributed by atoms with Crippen molar-refractivity contribution in [2.75, 3.05) is 37.7 Å². The molecule has 0 aromatic carbocycles. The summed E-state index contributed by atoms with van der Waals surface area (Å²) < 4.78 is 32.3. The molecule has 4 fully saturated rings. The number of likely N-dealkylation sites (tertiary alicyclic amines) is 1. The van der Waals surface area contributed by atoms with Gasteiger partial charge in [0.25, 0.3) is 11.8 Å². The van der Waals surface area contributed by atoms with Gasteiger partial charge in [-0.15, -0.1) is 0 Å². The first-order valence-electron chi connectivity index (χ1n) is 9.49. The molecule has 7 heteroatoms. The van der Waals surface area contributed by atoms with E-state index in [0.29, 0.717) is 35.2 Å². The predicted molar refractivity (Wildman–Crippen MR) is 91.8 cm³/mol. The fourth-order valence-electron chi connectivity index (χ4n) is 3.92. The maximum Gasteiger partial charge on any atom is 0.282 e. The lowest BCUT2D eigenvalue weighted by Gasteiger charge is -2.40. The van der Waals surface area contributed by atoms with Gasteiger partial charge >= 0.3 is 0 Å². The van der Waals surface area contributed by atoms with Gasteiger partial charge in [-0.2, -0.15) is 0 Å². The normalized spacial score (nSPS) is 25.3. The second-order valence-corrected chi connectivity index (χ2v) is 8.46. The Balaban J connectivity index is 1.36. The third-order valence-corrected chi connectivity index (χ3v) is 6.08. The summed E-state index contributed by atoms with van der Waals surface area (Å²) in [6, 6.07) is 3.36. The van der Waals surface area contributed by atoms with Gasteiger partial charge in [0.2, 0.25) is 5.88 Å². The van der Waals surface area contributed by atoms with Gasteiger partial charge in [0, 0.05) is 13.1 Å². The van der Waals surface area contributed by atoms with Gasteiger partial charge in [-0.3, -0.25) is 4.79 Å². The van der Waals surface area contributed by atoms with E-state index < -0.39 is 5.92 Å².